The number of sulfonamides is 1. The minimum Gasteiger partial charge on any atom is -0.355 e. The maximum absolute atomic E-state index is 14.0. The molecule has 0 unspecified atom stereocenters. The van der Waals surface area contributed by atoms with Crippen molar-refractivity contribution in [3.8, 4) is 0 Å². The van der Waals surface area contributed by atoms with E-state index in [2.05, 4.69) is 10.5 Å². The molecule has 1 saturated heterocycles. The highest BCUT2D eigenvalue weighted by atomic mass is 32.2. The van der Waals surface area contributed by atoms with E-state index < -0.39 is 21.8 Å². The van der Waals surface area contributed by atoms with Crippen LogP contribution in [0.1, 0.15) is 42.3 Å². The van der Waals surface area contributed by atoms with Crippen molar-refractivity contribution in [1.82, 2.24) is 9.46 Å². The number of anilines is 1. The Balaban J connectivity index is 1.53. The van der Waals surface area contributed by atoms with Crippen LogP contribution in [-0.4, -0.2) is 36.9 Å². The van der Waals surface area contributed by atoms with Gasteiger partial charge in [0.15, 0.2) is 10.7 Å². The number of carbonyl (C=O) groups excluding carboxylic acids is 1. The summed E-state index contributed by atoms with van der Waals surface area (Å²) in [6, 6.07) is 13.8. The minimum absolute atomic E-state index is 0.0220. The average molecular weight is 498 g/mol. The lowest BCUT2D eigenvalue weighted by molar-refractivity contribution is -0.120. The fourth-order valence-electron chi connectivity index (χ4n) is 4.19. The van der Waals surface area contributed by atoms with Gasteiger partial charge in [0.25, 0.3) is 0 Å². The fraction of sp³-hybridized carbons (Fsp3) is 0.308. The monoisotopic (exact) mass is 497 g/mol. The molecule has 0 bridgehead atoms. The number of aryl methyl sites for hydroxylation is 2. The highest BCUT2D eigenvalue weighted by molar-refractivity contribution is 7.89. The number of hydrogen-bond acceptors (Lipinski definition) is 5. The summed E-state index contributed by atoms with van der Waals surface area (Å²) in [6.45, 7) is 3.93. The Morgan fingerprint density at radius 1 is 1.23 bits per heavy atom. The van der Waals surface area contributed by atoms with Gasteiger partial charge in [-0.05, 0) is 62.1 Å². The van der Waals surface area contributed by atoms with E-state index in [1.54, 1.807) is 25.1 Å². The van der Waals surface area contributed by atoms with Crippen LogP contribution in [0.5, 0.6) is 0 Å². The molecule has 1 amide bonds. The van der Waals surface area contributed by atoms with Crippen LogP contribution in [-0.2, 0) is 21.2 Å². The van der Waals surface area contributed by atoms with Gasteiger partial charge in [-0.3, -0.25) is 4.79 Å². The molecule has 1 N–H and O–H groups in total. The summed E-state index contributed by atoms with van der Waals surface area (Å²) in [4.78, 5) is 12.9. The third-order valence-electron chi connectivity index (χ3n) is 6.11. The van der Waals surface area contributed by atoms with Crippen molar-refractivity contribution in [2.75, 3.05) is 18.4 Å². The molecule has 1 aliphatic rings. The number of nitrogens with one attached hydrogen (secondary N) is 1. The van der Waals surface area contributed by atoms with Gasteiger partial charge in [0, 0.05) is 24.3 Å². The molecule has 9 heteroatoms. The van der Waals surface area contributed by atoms with Gasteiger partial charge < -0.3 is 9.84 Å². The first-order chi connectivity index (χ1) is 16.8. The van der Waals surface area contributed by atoms with Crippen LogP contribution in [0.15, 0.2) is 57.9 Å². The lowest BCUT2D eigenvalue weighted by Crippen LogP contribution is -2.43. The highest BCUT2D eigenvalue weighted by Crippen LogP contribution is 2.30. The Bertz CT molecular complexity index is 1350. The van der Waals surface area contributed by atoms with Gasteiger partial charge in [0.05, 0.1) is 5.92 Å². The number of benzene rings is 2. The normalized spacial score (nSPS) is 17.1. The third kappa shape index (κ3) is 5.52. The fourth-order valence-corrected chi connectivity index (χ4v) is 5.97. The van der Waals surface area contributed by atoms with Crippen molar-refractivity contribution < 1.29 is 22.1 Å². The number of hydrogen-bond donors (Lipinski definition) is 1. The van der Waals surface area contributed by atoms with E-state index in [0.29, 0.717) is 30.6 Å². The van der Waals surface area contributed by atoms with Crippen LogP contribution < -0.4 is 5.32 Å². The molecular weight excluding hydrogens is 469 g/mol. The quantitative estimate of drug-likeness (QED) is 0.502. The second-order valence-corrected chi connectivity index (χ2v) is 10.4. The maximum Gasteiger partial charge on any atom is 0.248 e. The summed E-state index contributed by atoms with van der Waals surface area (Å²) >= 11 is 0. The minimum atomic E-state index is -3.99. The smallest absolute Gasteiger partial charge is 0.248 e. The molecule has 7 nitrogen and oxygen atoms in total. The van der Waals surface area contributed by atoms with Crippen LogP contribution >= 0.6 is 0 Å². The molecule has 0 aliphatic carbocycles. The number of piperidine rings is 1. The Labute approximate surface area is 204 Å². The van der Waals surface area contributed by atoms with Gasteiger partial charge in [-0.15, -0.1) is 0 Å². The Hall–Kier alpha value is -3.30. The molecular formula is C26H28FN3O4S. The molecule has 3 aromatic rings. The van der Waals surface area contributed by atoms with E-state index in [1.807, 2.05) is 31.2 Å². The van der Waals surface area contributed by atoms with Crippen molar-refractivity contribution in [3.63, 3.8) is 0 Å². The average Bonchev–Trinajstić information content (AvgIpc) is 3.24. The molecule has 1 aromatic heterocycles. The lowest BCUT2D eigenvalue weighted by atomic mass is 9.98. The van der Waals surface area contributed by atoms with Gasteiger partial charge in [-0.1, -0.05) is 42.4 Å². The summed E-state index contributed by atoms with van der Waals surface area (Å²) in [5.41, 5.74) is 2.31. The molecule has 0 spiro atoms. The molecule has 35 heavy (non-hydrogen) atoms. The van der Waals surface area contributed by atoms with Crippen molar-refractivity contribution in [1.29, 1.82) is 0 Å². The van der Waals surface area contributed by atoms with Crippen molar-refractivity contribution in [3.05, 3.63) is 76.9 Å². The highest BCUT2D eigenvalue weighted by Gasteiger charge is 2.37. The predicted octanol–water partition coefficient (Wildman–Crippen LogP) is 4.89. The first-order valence-electron chi connectivity index (χ1n) is 11.6. The van der Waals surface area contributed by atoms with Crippen LogP contribution in [0, 0.1) is 18.7 Å². The number of halogens is 1. The van der Waals surface area contributed by atoms with Gasteiger partial charge in [-0.25, -0.2) is 12.8 Å². The van der Waals surface area contributed by atoms with E-state index in [0.717, 1.165) is 12.0 Å². The lowest BCUT2D eigenvalue weighted by Gasteiger charge is -2.31. The molecule has 1 fully saturated rings. The van der Waals surface area contributed by atoms with Crippen LogP contribution in [0.3, 0.4) is 0 Å². The molecule has 2 aromatic carbocycles. The van der Waals surface area contributed by atoms with Gasteiger partial charge in [0.2, 0.25) is 15.9 Å². The van der Waals surface area contributed by atoms with E-state index in [1.165, 1.54) is 22.5 Å². The zero-order valence-corrected chi connectivity index (χ0v) is 20.5. The SMILES string of the molecule is CCc1cccc(NC(=O)[C@@H]2CCCN(S(=O)(=O)c3c(C)noc3/C=C/c3ccccc3F)C2)c1. The Morgan fingerprint density at radius 3 is 2.80 bits per heavy atom. The number of nitrogens with zero attached hydrogens (tertiary/aromatic N) is 2. The number of amides is 1. The summed E-state index contributed by atoms with van der Waals surface area (Å²) in [6.07, 6.45) is 4.85. The number of carbonyl (C=O) groups is 1. The number of aromatic nitrogens is 1. The third-order valence-corrected chi connectivity index (χ3v) is 8.13. The zero-order chi connectivity index (χ0) is 25.0. The topological polar surface area (TPSA) is 92.5 Å². The Kier molecular flexibility index (Phi) is 7.47. The van der Waals surface area contributed by atoms with E-state index in [9.17, 15) is 17.6 Å². The first-order valence-corrected chi connectivity index (χ1v) is 13.0. The van der Waals surface area contributed by atoms with Crippen LogP contribution in [0.4, 0.5) is 10.1 Å². The van der Waals surface area contributed by atoms with Gasteiger partial charge in [-0.2, -0.15) is 4.31 Å². The largest absolute Gasteiger partial charge is 0.355 e. The van der Waals surface area contributed by atoms with Crippen molar-refractivity contribution in [2.45, 2.75) is 38.0 Å². The van der Waals surface area contributed by atoms with E-state index in [-0.39, 0.29) is 28.8 Å². The van der Waals surface area contributed by atoms with Crippen molar-refractivity contribution >= 4 is 33.8 Å². The maximum atomic E-state index is 14.0. The van der Waals surface area contributed by atoms with E-state index in [4.69, 9.17) is 4.52 Å². The zero-order valence-electron chi connectivity index (χ0n) is 19.7. The first kappa shape index (κ1) is 24.8. The summed E-state index contributed by atoms with van der Waals surface area (Å²) in [5, 5.41) is 6.76. The molecule has 4 rings (SSSR count). The second kappa shape index (κ2) is 10.5. The van der Waals surface area contributed by atoms with E-state index >= 15 is 0 Å². The standard InChI is InChI=1S/C26H28FN3O4S/c1-3-19-8-6-11-22(16-19)28-26(31)21-10-7-15-30(17-21)35(32,33)25-18(2)29-34-24(25)14-13-20-9-4-5-12-23(20)27/h4-6,8-9,11-14,16,21H,3,7,10,15,17H2,1-2H3,(H,28,31)/b14-13+/t21-/m1/s1. The van der Waals surface area contributed by atoms with Crippen molar-refractivity contribution in [2.24, 2.45) is 5.92 Å². The van der Waals surface area contributed by atoms with Crippen LogP contribution in [0.2, 0.25) is 0 Å². The Morgan fingerprint density at radius 2 is 2.03 bits per heavy atom. The van der Waals surface area contributed by atoms with Gasteiger partial charge in [0.1, 0.15) is 11.5 Å². The van der Waals surface area contributed by atoms with Crippen LogP contribution in [0.25, 0.3) is 12.2 Å². The molecule has 184 valence electrons. The predicted molar refractivity (Wildman–Crippen MR) is 133 cm³/mol. The summed E-state index contributed by atoms with van der Waals surface area (Å²) in [7, 11) is -3.99. The molecule has 1 aliphatic heterocycles. The summed E-state index contributed by atoms with van der Waals surface area (Å²) in [5.74, 6) is -1.10. The molecule has 1 atom stereocenters. The summed E-state index contributed by atoms with van der Waals surface area (Å²) < 4.78 is 47.7. The second-order valence-electron chi connectivity index (χ2n) is 8.56. The number of rotatable bonds is 7. The molecule has 2 heterocycles. The molecule has 0 saturated carbocycles. The van der Waals surface area contributed by atoms with Gasteiger partial charge >= 0.3 is 0 Å². The molecule has 0 radical (unpaired) electrons.